The van der Waals surface area contributed by atoms with Gasteiger partial charge >= 0.3 is 0 Å². The van der Waals surface area contributed by atoms with Crippen LogP contribution in [0.4, 0.5) is 0 Å². The summed E-state index contributed by atoms with van der Waals surface area (Å²) < 4.78 is 0. The molecule has 2 saturated carbocycles. The summed E-state index contributed by atoms with van der Waals surface area (Å²) in [6, 6.07) is 0. The second-order valence-electron chi connectivity index (χ2n) is 4.96. The van der Waals surface area contributed by atoms with E-state index in [2.05, 4.69) is 20.8 Å². The van der Waals surface area contributed by atoms with Gasteiger partial charge in [0.25, 0.3) is 0 Å². The summed E-state index contributed by atoms with van der Waals surface area (Å²) >= 11 is 0. The molecule has 2 aliphatic carbocycles. The molecule has 0 aromatic heterocycles. The summed E-state index contributed by atoms with van der Waals surface area (Å²) in [7, 11) is 0. The highest BCUT2D eigenvalue weighted by Crippen LogP contribution is 2.80. The molecule has 0 heterocycles. The van der Waals surface area contributed by atoms with Gasteiger partial charge in [-0.05, 0) is 36.0 Å². The Hall–Kier alpha value is 0. The van der Waals surface area contributed by atoms with Crippen molar-refractivity contribution in [3.8, 4) is 0 Å². The normalized spacial score (nSPS) is 49.8. The molecule has 0 aliphatic heterocycles. The Morgan fingerprint density at radius 2 is 2.08 bits per heavy atom. The largest absolute Gasteiger partial charge is 0.0654 e. The first-order valence-electron chi connectivity index (χ1n) is 5.77. The van der Waals surface area contributed by atoms with Crippen LogP contribution in [0.1, 0.15) is 52.9 Å². The number of rotatable bonds is 4. The SMILES string of the molecule is CCCCC1C(C)C12CC2CC. The van der Waals surface area contributed by atoms with E-state index in [4.69, 9.17) is 0 Å². The molecule has 2 rings (SSSR count). The highest BCUT2D eigenvalue weighted by molar-refractivity contribution is 5.21. The molecule has 70 valence electrons. The molecule has 0 bridgehead atoms. The maximum atomic E-state index is 2.48. The smallest absolute Gasteiger partial charge is 0.0207 e. The fraction of sp³-hybridized carbons (Fsp3) is 1.00. The molecular weight excluding hydrogens is 144 g/mol. The number of unbranched alkanes of at least 4 members (excludes halogenated alkanes) is 1. The predicted molar refractivity (Wildman–Crippen MR) is 53.0 cm³/mol. The van der Waals surface area contributed by atoms with Crippen molar-refractivity contribution < 1.29 is 0 Å². The molecular formula is C12H22. The number of hydrogen-bond acceptors (Lipinski definition) is 0. The molecule has 0 aromatic rings. The summed E-state index contributed by atoms with van der Waals surface area (Å²) in [5.74, 6) is 3.32. The van der Waals surface area contributed by atoms with Crippen LogP contribution in [0.25, 0.3) is 0 Å². The lowest BCUT2D eigenvalue weighted by Crippen LogP contribution is -1.84. The van der Waals surface area contributed by atoms with Gasteiger partial charge in [0, 0.05) is 0 Å². The summed E-state index contributed by atoms with van der Waals surface area (Å²) in [5, 5.41) is 0. The Kier molecular flexibility index (Phi) is 1.97. The third kappa shape index (κ3) is 0.963. The van der Waals surface area contributed by atoms with Gasteiger partial charge in [0.05, 0.1) is 0 Å². The quantitative estimate of drug-likeness (QED) is 0.595. The third-order valence-corrected chi connectivity index (χ3v) is 4.59. The average Bonchev–Trinajstić information content (AvgIpc) is 2.92. The Balaban J connectivity index is 1.81. The number of hydrogen-bond donors (Lipinski definition) is 0. The van der Waals surface area contributed by atoms with Crippen molar-refractivity contribution in [2.75, 3.05) is 0 Å². The van der Waals surface area contributed by atoms with E-state index >= 15 is 0 Å². The first-order chi connectivity index (χ1) is 5.77. The molecule has 1 spiro atoms. The van der Waals surface area contributed by atoms with Crippen molar-refractivity contribution in [2.45, 2.75) is 52.9 Å². The van der Waals surface area contributed by atoms with E-state index in [1.807, 2.05) is 0 Å². The Morgan fingerprint density at radius 1 is 1.33 bits per heavy atom. The van der Waals surface area contributed by atoms with E-state index < -0.39 is 0 Å². The minimum atomic E-state index is 0.893. The zero-order valence-electron chi connectivity index (χ0n) is 8.77. The van der Waals surface area contributed by atoms with Gasteiger partial charge in [-0.2, -0.15) is 0 Å². The van der Waals surface area contributed by atoms with Crippen LogP contribution in [-0.2, 0) is 0 Å². The van der Waals surface area contributed by atoms with E-state index in [0.29, 0.717) is 0 Å². The van der Waals surface area contributed by atoms with Crippen LogP contribution in [0.15, 0.2) is 0 Å². The Morgan fingerprint density at radius 3 is 2.58 bits per heavy atom. The second kappa shape index (κ2) is 2.75. The van der Waals surface area contributed by atoms with E-state index in [-0.39, 0.29) is 0 Å². The van der Waals surface area contributed by atoms with Gasteiger partial charge in [0.15, 0.2) is 0 Å². The third-order valence-electron chi connectivity index (χ3n) is 4.59. The van der Waals surface area contributed by atoms with Gasteiger partial charge in [0.2, 0.25) is 0 Å². The van der Waals surface area contributed by atoms with Gasteiger partial charge < -0.3 is 0 Å². The summed E-state index contributed by atoms with van der Waals surface area (Å²) in [6.45, 7) is 7.15. The molecule has 0 N–H and O–H groups in total. The molecule has 4 unspecified atom stereocenters. The minimum absolute atomic E-state index is 0.893. The van der Waals surface area contributed by atoms with Gasteiger partial charge in [-0.25, -0.2) is 0 Å². The van der Waals surface area contributed by atoms with Gasteiger partial charge in [-0.1, -0.05) is 40.0 Å². The van der Waals surface area contributed by atoms with Crippen molar-refractivity contribution >= 4 is 0 Å². The molecule has 0 radical (unpaired) electrons. The topological polar surface area (TPSA) is 0 Å². The standard InChI is InChI=1S/C12H22/c1-4-6-7-11-9(3)12(11)8-10(12)5-2/h9-11H,4-8H2,1-3H3. The molecule has 0 aromatic carbocycles. The molecule has 0 saturated heterocycles. The lowest BCUT2D eigenvalue weighted by molar-refractivity contribution is 0.560. The molecule has 12 heavy (non-hydrogen) atoms. The molecule has 2 aliphatic rings. The maximum absolute atomic E-state index is 2.48. The first kappa shape index (κ1) is 8.59. The van der Waals surface area contributed by atoms with E-state index in [1.165, 1.54) is 25.7 Å². The van der Waals surface area contributed by atoms with E-state index in [0.717, 1.165) is 23.2 Å². The highest BCUT2D eigenvalue weighted by atomic mass is 14.8. The van der Waals surface area contributed by atoms with Crippen LogP contribution in [0.5, 0.6) is 0 Å². The zero-order chi connectivity index (χ0) is 8.77. The van der Waals surface area contributed by atoms with Crippen molar-refractivity contribution in [1.82, 2.24) is 0 Å². The summed E-state index contributed by atoms with van der Waals surface area (Å²) in [4.78, 5) is 0. The molecule has 0 heteroatoms. The fourth-order valence-corrected chi connectivity index (χ4v) is 3.60. The van der Waals surface area contributed by atoms with E-state index in [9.17, 15) is 0 Å². The Labute approximate surface area is 76.7 Å². The lowest BCUT2D eigenvalue weighted by Gasteiger charge is -1.95. The lowest BCUT2D eigenvalue weighted by atomic mass is 10.1. The van der Waals surface area contributed by atoms with Crippen LogP contribution in [-0.4, -0.2) is 0 Å². The predicted octanol–water partition coefficient (Wildman–Crippen LogP) is 3.86. The van der Waals surface area contributed by atoms with Crippen LogP contribution < -0.4 is 0 Å². The monoisotopic (exact) mass is 166 g/mol. The Bertz CT molecular complexity index is 173. The molecule has 0 amide bonds. The maximum Gasteiger partial charge on any atom is -0.0207 e. The van der Waals surface area contributed by atoms with Crippen LogP contribution in [0.3, 0.4) is 0 Å². The van der Waals surface area contributed by atoms with E-state index in [1.54, 1.807) is 6.42 Å². The highest BCUT2D eigenvalue weighted by Gasteiger charge is 2.73. The summed E-state index contributed by atoms with van der Waals surface area (Å²) in [6.07, 6.45) is 7.38. The molecule has 0 nitrogen and oxygen atoms in total. The average molecular weight is 166 g/mol. The minimum Gasteiger partial charge on any atom is -0.0654 e. The van der Waals surface area contributed by atoms with Crippen LogP contribution in [0.2, 0.25) is 0 Å². The van der Waals surface area contributed by atoms with Crippen LogP contribution in [0, 0.1) is 23.2 Å². The molecule has 4 atom stereocenters. The first-order valence-corrected chi connectivity index (χ1v) is 5.77. The van der Waals surface area contributed by atoms with Crippen molar-refractivity contribution in [2.24, 2.45) is 23.2 Å². The van der Waals surface area contributed by atoms with Crippen molar-refractivity contribution in [1.29, 1.82) is 0 Å². The van der Waals surface area contributed by atoms with Gasteiger partial charge in [0.1, 0.15) is 0 Å². The fourth-order valence-electron chi connectivity index (χ4n) is 3.60. The van der Waals surface area contributed by atoms with Crippen molar-refractivity contribution in [3.63, 3.8) is 0 Å². The second-order valence-corrected chi connectivity index (χ2v) is 4.96. The van der Waals surface area contributed by atoms with Crippen molar-refractivity contribution in [3.05, 3.63) is 0 Å². The van der Waals surface area contributed by atoms with Crippen LogP contribution >= 0.6 is 0 Å². The summed E-state index contributed by atoms with van der Waals surface area (Å²) in [5.41, 5.74) is 0.893. The molecule has 2 fully saturated rings. The van der Waals surface area contributed by atoms with Gasteiger partial charge in [-0.3, -0.25) is 0 Å². The van der Waals surface area contributed by atoms with Gasteiger partial charge in [-0.15, -0.1) is 0 Å². The zero-order valence-corrected chi connectivity index (χ0v) is 8.77.